The Balaban J connectivity index is 1.87. The van der Waals surface area contributed by atoms with Gasteiger partial charge in [-0.05, 0) is 61.0 Å². The molecule has 0 aliphatic rings. The highest BCUT2D eigenvalue weighted by atomic mass is 32.2. The van der Waals surface area contributed by atoms with Crippen molar-refractivity contribution in [3.63, 3.8) is 0 Å². The first-order valence-corrected chi connectivity index (χ1v) is 12.7. The molecular formula is C26H28FN3O4S. The molecule has 0 saturated carbocycles. The van der Waals surface area contributed by atoms with Crippen LogP contribution in [0.1, 0.15) is 29.8 Å². The van der Waals surface area contributed by atoms with Crippen molar-refractivity contribution in [2.24, 2.45) is 0 Å². The second kappa shape index (κ2) is 11.7. The molecule has 1 unspecified atom stereocenters. The van der Waals surface area contributed by atoms with Gasteiger partial charge in [-0.1, -0.05) is 37.3 Å². The van der Waals surface area contributed by atoms with Gasteiger partial charge in [-0.15, -0.1) is 0 Å². The van der Waals surface area contributed by atoms with Gasteiger partial charge in [0, 0.05) is 30.8 Å². The lowest BCUT2D eigenvalue weighted by molar-refractivity contribution is -0.120. The quantitative estimate of drug-likeness (QED) is 0.445. The maximum absolute atomic E-state index is 13.4. The molecular weight excluding hydrogens is 469 g/mol. The molecule has 2 amide bonds. The van der Waals surface area contributed by atoms with E-state index < -0.39 is 33.7 Å². The molecule has 0 bridgehead atoms. The third kappa shape index (κ3) is 6.74. The van der Waals surface area contributed by atoms with Crippen molar-refractivity contribution in [3.8, 4) is 0 Å². The number of carbonyl (C=O) groups is 2. The summed E-state index contributed by atoms with van der Waals surface area (Å²) >= 11 is 0. The lowest BCUT2D eigenvalue weighted by Gasteiger charge is -2.30. The monoisotopic (exact) mass is 497 g/mol. The molecule has 2 N–H and O–H groups in total. The van der Waals surface area contributed by atoms with E-state index in [1.807, 2.05) is 30.3 Å². The minimum atomic E-state index is -3.62. The highest BCUT2D eigenvalue weighted by molar-refractivity contribution is 7.89. The molecule has 0 saturated heterocycles. The Morgan fingerprint density at radius 2 is 1.54 bits per heavy atom. The summed E-state index contributed by atoms with van der Waals surface area (Å²) in [5, 5.41) is 2.80. The van der Waals surface area contributed by atoms with E-state index in [-0.39, 0.29) is 30.0 Å². The van der Waals surface area contributed by atoms with Crippen molar-refractivity contribution in [2.45, 2.75) is 31.2 Å². The van der Waals surface area contributed by atoms with Gasteiger partial charge in [-0.2, -0.15) is 0 Å². The van der Waals surface area contributed by atoms with Crippen LogP contribution in [0.5, 0.6) is 0 Å². The number of halogens is 1. The molecule has 0 aromatic heterocycles. The molecule has 184 valence electrons. The van der Waals surface area contributed by atoms with Crippen molar-refractivity contribution < 1.29 is 22.4 Å². The topological polar surface area (TPSA) is 95.6 Å². The number of rotatable bonds is 10. The molecule has 0 aliphatic heterocycles. The average molecular weight is 498 g/mol. The third-order valence-corrected chi connectivity index (χ3v) is 6.97. The van der Waals surface area contributed by atoms with Gasteiger partial charge in [0.05, 0.1) is 4.90 Å². The molecule has 3 rings (SSSR count). The van der Waals surface area contributed by atoms with Gasteiger partial charge in [0.25, 0.3) is 5.91 Å². The lowest BCUT2D eigenvalue weighted by atomic mass is 10.0. The predicted octanol–water partition coefficient (Wildman–Crippen LogP) is 3.84. The van der Waals surface area contributed by atoms with Gasteiger partial charge in [0.1, 0.15) is 11.9 Å². The fourth-order valence-corrected chi connectivity index (χ4v) is 4.70. The first-order chi connectivity index (χ1) is 16.7. The van der Waals surface area contributed by atoms with E-state index in [1.165, 1.54) is 53.4 Å². The fourth-order valence-electron chi connectivity index (χ4n) is 3.66. The number of anilines is 1. The van der Waals surface area contributed by atoms with Gasteiger partial charge in [0.15, 0.2) is 0 Å². The highest BCUT2D eigenvalue weighted by Crippen LogP contribution is 2.18. The smallest absolute Gasteiger partial charge is 0.254 e. The van der Waals surface area contributed by atoms with E-state index in [9.17, 15) is 22.4 Å². The fraction of sp³-hybridized carbons (Fsp3) is 0.231. The highest BCUT2D eigenvalue weighted by Gasteiger charge is 2.30. The van der Waals surface area contributed by atoms with Crippen LogP contribution in [-0.4, -0.2) is 44.3 Å². The molecule has 9 heteroatoms. The van der Waals surface area contributed by atoms with Gasteiger partial charge in [-0.3, -0.25) is 9.59 Å². The second-order valence-electron chi connectivity index (χ2n) is 7.82. The summed E-state index contributed by atoms with van der Waals surface area (Å²) < 4.78 is 40.1. The molecule has 0 spiro atoms. The number of benzene rings is 3. The summed E-state index contributed by atoms with van der Waals surface area (Å²) in [4.78, 5) is 28.2. The van der Waals surface area contributed by atoms with Crippen LogP contribution in [0.2, 0.25) is 0 Å². The normalized spacial score (nSPS) is 12.1. The van der Waals surface area contributed by atoms with Gasteiger partial charge >= 0.3 is 0 Å². The van der Waals surface area contributed by atoms with E-state index in [2.05, 4.69) is 10.0 Å². The Labute approximate surface area is 205 Å². The number of amides is 2. The largest absolute Gasteiger partial charge is 0.327 e. The number of hydrogen-bond acceptors (Lipinski definition) is 4. The zero-order valence-electron chi connectivity index (χ0n) is 19.6. The van der Waals surface area contributed by atoms with E-state index in [4.69, 9.17) is 0 Å². The summed E-state index contributed by atoms with van der Waals surface area (Å²) in [6.07, 6.45) is 0.264. The average Bonchev–Trinajstić information content (AvgIpc) is 2.85. The van der Waals surface area contributed by atoms with Crippen LogP contribution in [0.3, 0.4) is 0 Å². The van der Waals surface area contributed by atoms with Crippen LogP contribution in [-0.2, 0) is 21.2 Å². The summed E-state index contributed by atoms with van der Waals surface area (Å²) in [5.74, 6) is -1.27. The number of carbonyl (C=O) groups excluding carboxylic acids is 2. The van der Waals surface area contributed by atoms with E-state index in [0.29, 0.717) is 5.69 Å². The zero-order valence-corrected chi connectivity index (χ0v) is 20.4. The Kier molecular flexibility index (Phi) is 8.73. The molecule has 0 fully saturated rings. The van der Waals surface area contributed by atoms with Crippen LogP contribution in [0.4, 0.5) is 10.1 Å². The van der Waals surface area contributed by atoms with E-state index in [1.54, 1.807) is 13.8 Å². The number of likely N-dealkylation sites (N-methyl/N-ethyl adjacent to an activating group) is 1. The Hall–Kier alpha value is -3.56. The number of sulfonamides is 1. The summed E-state index contributed by atoms with van der Waals surface area (Å²) in [5.41, 5.74) is 1.54. The van der Waals surface area contributed by atoms with Crippen LogP contribution in [0.25, 0.3) is 0 Å². The van der Waals surface area contributed by atoms with Crippen LogP contribution < -0.4 is 10.0 Å². The van der Waals surface area contributed by atoms with Crippen molar-refractivity contribution in [2.75, 3.05) is 18.4 Å². The van der Waals surface area contributed by atoms with E-state index >= 15 is 0 Å². The van der Waals surface area contributed by atoms with Crippen LogP contribution >= 0.6 is 0 Å². The van der Waals surface area contributed by atoms with Crippen molar-refractivity contribution in [1.82, 2.24) is 9.62 Å². The molecule has 3 aromatic rings. The third-order valence-electron chi connectivity index (χ3n) is 5.41. The Bertz CT molecular complexity index is 1250. The maximum atomic E-state index is 13.4. The van der Waals surface area contributed by atoms with Crippen LogP contribution in [0, 0.1) is 5.82 Å². The molecule has 35 heavy (non-hydrogen) atoms. The standard InChI is InChI=1S/C26H28FN3O4S/c1-3-28-35(33,34)23-16-14-22(15-17-23)29-25(31)24(18-19-8-6-5-7-9-19)30(4-2)26(32)20-10-12-21(27)13-11-20/h5-17,24,28H,3-4,18H2,1-2H3,(H,29,31). The number of nitrogens with one attached hydrogen (secondary N) is 2. The summed E-state index contributed by atoms with van der Waals surface area (Å²) in [6.45, 7) is 3.97. The minimum Gasteiger partial charge on any atom is -0.327 e. The van der Waals surface area contributed by atoms with Crippen molar-refractivity contribution in [3.05, 3.63) is 95.8 Å². The molecule has 0 radical (unpaired) electrons. The lowest BCUT2D eigenvalue weighted by Crippen LogP contribution is -2.48. The van der Waals surface area contributed by atoms with Crippen LogP contribution in [0.15, 0.2) is 83.8 Å². The first kappa shape index (κ1) is 26.1. The van der Waals surface area contributed by atoms with Gasteiger partial charge < -0.3 is 10.2 Å². The van der Waals surface area contributed by atoms with E-state index in [0.717, 1.165) is 5.56 Å². The summed E-state index contributed by atoms with van der Waals surface area (Å²) in [7, 11) is -3.62. The Morgan fingerprint density at radius 3 is 2.11 bits per heavy atom. The number of hydrogen-bond donors (Lipinski definition) is 2. The van der Waals surface area contributed by atoms with Gasteiger partial charge in [0.2, 0.25) is 15.9 Å². The Morgan fingerprint density at radius 1 is 0.914 bits per heavy atom. The molecule has 1 atom stereocenters. The van der Waals surface area contributed by atoms with Crippen molar-refractivity contribution in [1.29, 1.82) is 0 Å². The van der Waals surface area contributed by atoms with Gasteiger partial charge in [-0.25, -0.2) is 17.5 Å². The predicted molar refractivity (Wildman–Crippen MR) is 133 cm³/mol. The second-order valence-corrected chi connectivity index (χ2v) is 9.59. The minimum absolute atomic E-state index is 0.0832. The zero-order chi connectivity index (χ0) is 25.4. The molecule has 0 heterocycles. The molecule has 0 aliphatic carbocycles. The van der Waals surface area contributed by atoms with Crippen molar-refractivity contribution >= 4 is 27.5 Å². The summed E-state index contributed by atoms with van der Waals surface area (Å²) in [6, 6.07) is 19.5. The molecule has 7 nitrogen and oxygen atoms in total. The first-order valence-electron chi connectivity index (χ1n) is 11.3. The molecule has 3 aromatic carbocycles. The maximum Gasteiger partial charge on any atom is 0.254 e. The number of nitrogens with zero attached hydrogens (tertiary/aromatic N) is 1. The SMILES string of the molecule is CCNS(=O)(=O)c1ccc(NC(=O)C(Cc2ccccc2)N(CC)C(=O)c2ccc(F)cc2)cc1.